The highest BCUT2D eigenvalue weighted by Gasteiger charge is 2.62. The zero-order valence-electron chi connectivity index (χ0n) is 43.1. The highest BCUT2D eigenvalue weighted by Crippen LogP contribution is 2.55. The van der Waals surface area contributed by atoms with Crippen LogP contribution in [0.4, 0.5) is 9.93 Å². The van der Waals surface area contributed by atoms with Crippen molar-refractivity contribution in [2.75, 3.05) is 38.8 Å². The number of Topliss-reactive ketones (excluding diaryl/α,β-unsaturated/α-hetero) is 2. The Morgan fingerprint density at radius 3 is 1.97 bits per heavy atom. The predicted molar refractivity (Wildman–Crippen MR) is 281 cm³/mol. The Kier molecular flexibility index (Phi) is 18.3. The number of imide groups is 1. The quantitative estimate of drug-likeness (QED) is 0.0159. The molecule has 1 aromatic heterocycles. The minimum atomic E-state index is -1.64. The van der Waals surface area contributed by atoms with Gasteiger partial charge in [0.25, 0.3) is 5.78 Å². The van der Waals surface area contributed by atoms with E-state index in [2.05, 4.69) is 10.1 Å². The van der Waals surface area contributed by atoms with E-state index >= 15 is 0 Å². The van der Waals surface area contributed by atoms with Crippen molar-refractivity contribution in [2.45, 2.75) is 101 Å². The largest absolute Gasteiger partial charge is 0.542 e. The lowest BCUT2D eigenvalue weighted by molar-refractivity contribution is -0.179. The number of oxime groups is 1. The van der Waals surface area contributed by atoms with E-state index in [0.29, 0.717) is 16.4 Å². The van der Waals surface area contributed by atoms with Crippen LogP contribution in [0.5, 0.6) is 23.0 Å². The molecule has 2 saturated heterocycles. The van der Waals surface area contributed by atoms with Gasteiger partial charge in [-0.05, 0) is 109 Å². The summed E-state index contributed by atoms with van der Waals surface area (Å²) in [7, 11) is 8.56. The molecule has 3 heterocycles. The van der Waals surface area contributed by atoms with Crippen LogP contribution in [-0.2, 0) is 56.2 Å². The molecule has 398 valence electrons. The number of thiazole rings is 1. The van der Waals surface area contributed by atoms with E-state index in [1.807, 2.05) is 12.1 Å². The lowest BCUT2D eigenvalue weighted by atomic mass is 9.90. The zero-order valence-corrected chi connectivity index (χ0v) is 45.6. The number of benzene rings is 3. The number of aromatic nitrogens is 1. The molecule has 20 nitrogen and oxygen atoms in total. The third-order valence-corrected chi connectivity index (χ3v) is 15.0. The fourth-order valence-electron chi connectivity index (χ4n) is 7.21. The number of ketones is 2. The minimum Gasteiger partial charge on any atom is -0.542 e. The van der Waals surface area contributed by atoms with Gasteiger partial charge in [-0.2, -0.15) is 0 Å². The summed E-state index contributed by atoms with van der Waals surface area (Å²) in [6, 6.07) is 18.6. The van der Waals surface area contributed by atoms with Crippen molar-refractivity contribution in [3.05, 3.63) is 94.5 Å². The molecule has 2 aliphatic rings. The van der Waals surface area contributed by atoms with Crippen molar-refractivity contribution in [3.63, 3.8) is 0 Å². The molecular formula is C51H58BN5O15S3. The van der Waals surface area contributed by atoms with Crippen molar-refractivity contribution in [3.8, 4) is 23.0 Å². The maximum Gasteiger partial charge on any atom is 0.417 e. The van der Waals surface area contributed by atoms with Crippen molar-refractivity contribution in [1.29, 1.82) is 0 Å². The number of fused-ring (bicyclic) bond motifs is 1. The SMILES string of the molecule is [B]OC(=O)[C@@]1(SCCN(C(=O)OC(C)(C)C)C(=O)C(=O)c2ccc(OCc3ccc(OC)cc3)c(OCc3ccc(OC)cc3)c2)CN2C(=O)[C@@H](CC(=O)/C(=N\OC(C)(C)C(=O)OC(C)(C)C)c3csc(N)n3)[C@H]2S1. The van der Waals surface area contributed by atoms with Crippen molar-refractivity contribution in [1.82, 2.24) is 14.8 Å². The van der Waals surface area contributed by atoms with E-state index in [9.17, 15) is 33.6 Å². The number of anilines is 1. The first-order valence-corrected chi connectivity index (χ1v) is 26.0. The van der Waals surface area contributed by atoms with Crippen molar-refractivity contribution >= 4 is 95.2 Å². The number of carbonyl (C=O) groups is 7. The van der Waals surface area contributed by atoms with E-state index in [1.165, 1.54) is 42.3 Å². The lowest BCUT2D eigenvalue weighted by Gasteiger charge is -2.41. The molecular weight excluding hydrogens is 1030 g/mol. The Labute approximate surface area is 448 Å². The second kappa shape index (κ2) is 23.8. The standard InChI is InChI=1S/C51H58BN5O15S3/c1-48(2,3)69-44(62)50(7,8)72-55-39(35-27-73-46(53)54-35)36(58)24-34-41(60)57-28-51(45(63)71-52,75-43(34)57)74-22-21-56(47(64)70-49(4,5)6)42(61)40(59)31-15-20-37(67-25-29-11-16-32(65-9)17-12-29)38(23-31)68-26-30-13-18-33(66-10)19-14-30/h11-20,23,27,34,43H,21-22,24-26,28H2,1-10H3,(H2,53,54)/b55-39-/t34-,43-,51-/m1/s1. The molecule has 4 aromatic rings. The number of hydrogen-bond donors (Lipinski definition) is 1. The van der Waals surface area contributed by atoms with E-state index in [-0.39, 0.29) is 59.1 Å². The van der Waals surface area contributed by atoms with Gasteiger partial charge in [0.2, 0.25) is 11.5 Å². The molecule has 6 rings (SSSR count). The Balaban J connectivity index is 1.19. The second-order valence-electron chi connectivity index (χ2n) is 19.5. The Morgan fingerprint density at radius 1 is 0.853 bits per heavy atom. The highest BCUT2D eigenvalue weighted by atomic mass is 32.2. The average Bonchev–Trinajstić information content (AvgIpc) is 3.96. The van der Waals surface area contributed by atoms with Gasteiger partial charge in [0.05, 0.1) is 32.1 Å². The number of ether oxygens (including phenoxy) is 6. The van der Waals surface area contributed by atoms with Gasteiger partial charge in [0, 0.05) is 29.7 Å². The number of carbonyl (C=O) groups excluding carboxylic acids is 7. The fraction of sp³-hybridized carbons (Fsp3) is 0.431. The summed E-state index contributed by atoms with van der Waals surface area (Å²) < 4.78 is 37.0. The smallest absolute Gasteiger partial charge is 0.417 e. The third-order valence-electron chi connectivity index (χ3n) is 11.1. The number of esters is 1. The molecule has 3 atom stereocenters. The summed E-state index contributed by atoms with van der Waals surface area (Å²) in [6.45, 7) is 12.1. The second-order valence-corrected chi connectivity index (χ2v) is 23.5. The molecule has 0 spiro atoms. The number of nitrogen functional groups attached to an aromatic ring is 1. The molecule has 0 unspecified atom stereocenters. The first kappa shape index (κ1) is 57.5. The summed E-state index contributed by atoms with van der Waals surface area (Å²) in [5.41, 5.74) is 3.48. The Hall–Kier alpha value is -6.79. The molecule has 2 fully saturated rings. The van der Waals surface area contributed by atoms with Crippen molar-refractivity contribution < 1.29 is 71.5 Å². The van der Waals surface area contributed by atoms with Crippen LogP contribution in [0.15, 0.2) is 77.3 Å². The summed E-state index contributed by atoms with van der Waals surface area (Å²) in [5, 5.41) is 4.88. The molecule has 2 radical (unpaired) electrons. The minimum absolute atomic E-state index is 0.0456. The molecule has 0 aliphatic carbocycles. The third kappa shape index (κ3) is 14.5. The molecule has 2 aliphatic heterocycles. The zero-order chi connectivity index (χ0) is 55.0. The molecule has 75 heavy (non-hydrogen) atoms. The maximum atomic E-state index is 14.2. The van der Waals surface area contributed by atoms with Gasteiger partial charge >= 0.3 is 32.0 Å². The number of nitrogens with zero attached hydrogens (tertiary/aromatic N) is 4. The monoisotopic (exact) mass is 1090 g/mol. The number of rotatable bonds is 22. The molecule has 3 aromatic carbocycles. The predicted octanol–water partition coefficient (Wildman–Crippen LogP) is 6.93. The number of hydrogen-bond acceptors (Lipinski definition) is 21. The summed E-state index contributed by atoms with van der Waals surface area (Å²) in [4.78, 5) is 108. The molecule has 24 heteroatoms. The molecule has 3 amide bonds. The van der Waals surface area contributed by atoms with Gasteiger partial charge in [-0.15, -0.1) is 34.9 Å². The maximum absolute atomic E-state index is 14.2. The number of nitrogens with two attached hydrogens (primary N) is 1. The van der Waals surface area contributed by atoms with E-state index in [1.54, 1.807) is 92.2 Å². The van der Waals surface area contributed by atoms with Crippen molar-refractivity contribution in [2.24, 2.45) is 11.1 Å². The van der Waals surface area contributed by atoms with Crippen LogP contribution in [0.25, 0.3) is 0 Å². The molecule has 2 N–H and O–H groups in total. The van der Waals surface area contributed by atoms with E-state index < -0.39 is 86.6 Å². The fourth-order valence-corrected chi connectivity index (χ4v) is 11.0. The number of methoxy groups -OCH3 is 2. The van der Waals surface area contributed by atoms with Gasteiger partial charge in [-0.1, -0.05) is 29.4 Å². The van der Waals surface area contributed by atoms with Gasteiger partial charge in [0.1, 0.15) is 41.6 Å². The van der Waals surface area contributed by atoms with Crippen LogP contribution in [-0.4, -0.2) is 129 Å². The van der Waals surface area contributed by atoms with Crippen LogP contribution in [0.2, 0.25) is 0 Å². The van der Waals surface area contributed by atoms with Crippen LogP contribution in [0.1, 0.15) is 89.0 Å². The van der Waals surface area contributed by atoms with Crippen LogP contribution in [0.3, 0.4) is 0 Å². The number of amides is 3. The van der Waals surface area contributed by atoms with Gasteiger partial charge in [-0.3, -0.25) is 24.0 Å². The Morgan fingerprint density at radius 2 is 1.44 bits per heavy atom. The van der Waals surface area contributed by atoms with E-state index in [4.69, 9.17) is 51.7 Å². The van der Waals surface area contributed by atoms with Crippen LogP contribution in [0, 0.1) is 5.92 Å². The average molecular weight is 1090 g/mol. The summed E-state index contributed by atoms with van der Waals surface area (Å²) in [6.07, 6.45) is -1.55. The number of β-lactam (4-membered cyclic amide) rings is 1. The Bertz CT molecular complexity index is 2810. The molecule has 0 bridgehead atoms. The summed E-state index contributed by atoms with van der Waals surface area (Å²) in [5.74, 6) is -4.63. The van der Waals surface area contributed by atoms with Gasteiger partial charge < -0.3 is 48.5 Å². The number of thioether (sulfide) groups is 2. The highest BCUT2D eigenvalue weighted by molar-refractivity contribution is 8.20. The first-order valence-electron chi connectivity index (χ1n) is 23.3. The van der Waals surface area contributed by atoms with Crippen LogP contribution < -0.4 is 24.7 Å². The normalized spacial score (nSPS) is 17.4. The lowest BCUT2D eigenvalue weighted by Crippen LogP contribution is -2.57. The summed E-state index contributed by atoms with van der Waals surface area (Å²) >= 11 is 2.95. The molecule has 0 saturated carbocycles. The first-order chi connectivity index (χ1) is 35.3. The van der Waals surface area contributed by atoms with Gasteiger partial charge in [0.15, 0.2) is 32.2 Å². The topological polar surface area (TPSA) is 251 Å². The van der Waals surface area contributed by atoms with E-state index in [0.717, 1.165) is 46.0 Å². The van der Waals surface area contributed by atoms with Gasteiger partial charge in [-0.25, -0.2) is 19.5 Å². The van der Waals surface area contributed by atoms with Crippen LogP contribution >= 0.6 is 34.9 Å².